The Balaban J connectivity index is 1.40. The van der Waals surface area contributed by atoms with Crippen molar-refractivity contribution in [1.29, 1.82) is 0 Å². The van der Waals surface area contributed by atoms with Crippen molar-refractivity contribution in [3.8, 4) is 11.1 Å². The SMILES string of the molecule is COC(=O)[C@H](NC(=O)[C@@H](Cc1ccccc1)NC(=O)OCc1ccccc1)C1c2ccccc2-c2ccccc21. The molecule has 0 aromatic heterocycles. The van der Waals surface area contributed by atoms with Crippen LogP contribution in [0.2, 0.25) is 0 Å². The van der Waals surface area contributed by atoms with Gasteiger partial charge in [-0.25, -0.2) is 9.59 Å². The molecule has 0 fully saturated rings. The zero-order valence-electron chi connectivity index (χ0n) is 22.1. The molecule has 0 heterocycles. The largest absolute Gasteiger partial charge is 0.467 e. The predicted octanol–water partition coefficient (Wildman–Crippen LogP) is 4.99. The fourth-order valence-corrected chi connectivity index (χ4v) is 5.18. The highest BCUT2D eigenvalue weighted by Gasteiger charge is 2.40. The van der Waals surface area contributed by atoms with E-state index in [1.165, 1.54) is 7.11 Å². The zero-order valence-corrected chi connectivity index (χ0v) is 22.1. The van der Waals surface area contributed by atoms with Crippen LogP contribution in [0.1, 0.15) is 28.2 Å². The van der Waals surface area contributed by atoms with Crippen LogP contribution in [0.25, 0.3) is 11.1 Å². The van der Waals surface area contributed by atoms with Crippen molar-refractivity contribution in [3.63, 3.8) is 0 Å². The van der Waals surface area contributed by atoms with Crippen molar-refractivity contribution < 1.29 is 23.9 Å². The second-order valence-electron chi connectivity index (χ2n) is 9.61. The molecule has 1 aliphatic rings. The standard InChI is InChI=1S/C33H30N2O5/c1-39-32(37)30(29-26-18-10-8-16-24(26)25-17-9-11-19-27(25)29)35-31(36)28(20-22-12-4-2-5-13-22)34-33(38)40-21-23-14-6-3-7-15-23/h2-19,28-30H,20-21H2,1H3,(H,34,38)(H,35,36)/t28-,30-/m1/s1. The molecule has 7 nitrogen and oxygen atoms in total. The van der Waals surface area contributed by atoms with Gasteiger partial charge in [-0.3, -0.25) is 4.79 Å². The molecule has 2 atom stereocenters. The number of hydrogen-bond acceptors (Lipinski definition) is 5. The van der Waals surface area contributed by atoms with E-state index in [4.69, 9.17) is 9.47 Å². The van der Waals surface area contributed by atoms with Crippen molar-refractivity contribution in [2.24, 2.45) is 0 Å². The fourth-order valence-electron chi connectivity index (χ4n) is 5.18. The van der Waals surface area contributed by atoms with E-state index >= 15 is 0 Å². The third kappa shape index (κ3) is 5.89. The first-order valence-corrected chi connectivity index (χ1v) is 13.1. The molecule has 0 aliphatic heterocycles. The number of amides is 2. The summed E-state index contributed by atoms with van der Waals surface area (Å²) < 4.78 is 10.5. The monoisotopic (exact) mass is 534 g/mol. The number of nitrogens with one attached hydrogen (secondary N) is 2. The summed E-state index contributed by atoms with van der Waals surface area (Å²) >= 11 is 0. The molecule has 4 aromatic carbocycles. The number of alkyl carbamates (subject to hydrolysis) is 1. The molecule has 40 heavy (non-hydrogen) atoms. The Hall–Kier alpha value is -4.91. The van der Waals surface area contributed by atoms with E-state index in [0.717, 1.165) is 33.4 Å². The maximum absolute atomic E-state index is 13.8. The topological polar surface area (TPSA) is 93.7 Å². The Bertz CT molecular complexity index is 1440. The van der Waals surface area contributed by atoms with Crippen LogP contribution in [0, 0.1) is 0 Å². The summed E-state index contributed by atoms with van der Waals surface area (Å²) in [6, 6.07) is 32.3. The van der Waals surface area contributed by atoms with Gasteiger partial charge in [0.25, 0.3) is 0 Å². The molecule has 0 unspecified atom stereocenters. The van der Waals surface area contributed by atoms with Crippen molar-refractivity contribution in [2.45, 2.75) is 31.0 Å². The average Bonchev–Trinajstić information content (AvgIpc) is 3.33. The van der Waals surface area contributed by atoms with E-state index in [1.54, 1.807) is 0 Å². The maximum atomic E-state index is 13.8. The second-order valence-corrected chi connectivity index (χ2v) is 9.61. The van der Waals surface area contributed by atoms with Crippen molar-refractivity contribution in [1.82, 2.24) is 10.6 Å². The van der Waals surface area contributed by atoms with Gasteiger partial charge >= 0.3 is 12.1 Å². The minimum atomic E-state index is -1.01. The van der Waals surface area contributed by atoms with Gasteiger partial charge in [0.2, 0.25) is 5.91 Å². The highest BCUT2D eigenvalue weighted by molar-refractivity contribution is 5.92. The van der Waals surface area contributed by atoms with E-state index in [-0.39, 0.29) is 13.0 Å². The minimum absolute atomic E-state index is 0.0623. The summed E-state index contributed by atoms with van der Waals surface area (Å²) in [7, 11) is 1.30. The third-order valence-corrected chi connectivity index (χ3v) is 7.07. The van der Waals surface area contributed by atoms with E-state index in [2.05, 4.69) is 10.6 Å². The summed E-state index contributed by atoms with van der Waals surface area (Å²) in [5, 5.41) is 5.61. The van der Waals surface area contributed by atoms with Gasteiger partial charge in [0.1, 0.15) is 18.7 Å². The van der Waals surface area contributed by atoms with E-state index in [0.29, 0.717) is 0 Å². The highest BCUT2D eigenvalue weighted by atomic mass is 16.5. The molecule has 7 heteroatoms. The fraction of sp³-hybridized carbons (Fsp3) is 0.182. The molecule has 0 saturated carbocycles. The number of ether oxygens (including phenoxy) is 2. The Kier molecular flexibility index (Phi) is 8.21. The third-order valence-electron chi connectivity index (χ3n) is 7.07. The van der Waals surface area contributed by atoms with Crippen LogP contribution in [0.5, 0.6) is 0 Å². The lowest BCUT2D eigenvalue weighted by Crippen LogP contribution is -2.54. The van der Waals surface area contributed by atoms with Gasteiger partial charge in [-0.1, -0.05) is 109 Å². The average molecular weight is 535 g/mol. The van der Waals surface area contributed by atoms with Crippen molar-refractivity contribution in [2.75, 3.05) is 7.11 Å². The molecule has 5 rings (SSSR count). The lowest BCUT2D eigenvalue weighted by molar-refractivity contribution is -0.145. The molecule has 0 radical (unpaired) electrons. The number of fused-ring (bicyclic) bond motifs is 3. The number of rotatable bonds is 9. The van der Waals surface area contributed by atoms with Crippen LogP contribution in [0.3, 0.4) is 0 Å². The van der Waals surface area contributed by atoms with Gasteiger partial charge in [-0.05, 0) is 33.4 Å². The molecule has 4 aromatic rings. The second kappa shape index (κ2) is 12.3. The molecule has 2 amide bonds. The van der Waals surface area contributed by atoms with E-state index in [9.17, 15) is 14.4 Å². The van der Waals surface area contributed by atoms with Crippen LogP contribution in [-0.4, -0.2) is 37.2 Å². The predicted molar refractivity (Wildman–Crippen MR) is 151 cm³/mol. The zero-order chi connectivity index (χ0) is 27.9. The van der Waals surface area contributed by atoms with Gasteiger partial charge in [0.05, 0.1) is 7.11 Å². The number of hydrogen-bond donors (Lipinski definition) is 2. The quantitative estimate of drug-likeness (QED) is 0.295. The molecule has 202 valence electrons. The maximum Gasteiger partial charge on any atom is 0.408 e. The van der Waals surface area contributed by atoms with Gasteiger partial charge in [-0.2, -0.15) is 0 Å². The first-order chi connectivity index (χ1) is 19.5. The Morgan fingerprint density at radius 2 is 1.23 bits per heavy atom. The van der Waals surface area contributed by atoms with Crippen molar-refractivity contribution in [3.05, 3.63) is 131 Å². The van der Waals surface area contributed by atoms with E-state index in [1.807, 2.05) is 109 Å². The molecule has 0 bridgehead atoms. The lowest BCUT2D eigenvalue weighted by Gasteiger charge is -2.27. The Morgan fingerprint density at radius 1 is 0.700 bits per heavy atom. The van der Waals surface area contributed by atoms with Gasteiger partial charge in [0, 0.05) is 12.3 Å². The Morgan fingerprint density at radius 3 is 1.80 bits per heavy atom. The first-order valence-electron chi connectivity index (χ1n) is 13.1. The smallest absolute Gasteiger partial charge is 0.408 e. The van der Waals surface area contributed by atoms with Crippen LogP contribution < -0.4 is 10.6 Å². The highest BCUT2D eigenvalue weighted by Crippen LogP contribution is 2.46. The summed E-state index contributed by atoms with van der Waals surface area (Å²) in [5.74, 6) is -1.54. The number of benzene rings is 4. The minimum Gasteiger partial charge on any atom is -0.467 e. The molecule has 0 spiro atoms. The van der Waals surface area contributed by atoms with Crippen molar-refractivity contribution >= 4 is 18.0 Å². The first kappa shape index (κ1) is 26.7. The van der Waals surface area contributed by atoms with Crippen LogP contribution in [-0.2, 0) is 32.1 Å². The molecule has 2 N–H and O–H groups in total. The number of carbonyl (C=O) groups is 3. The van der Waals surface area contributed by atoms with E-state index < -0.39 is 36.0 Å². The van der Waals surface area contributed by atoms with Gasteiger partial charge < -0.3 is 20.1 Å². The number of esters is 1. The summed E-state index contributed by atoms with van der Waals surface area (Å²) in [6.45, 7) is 0.0623. The molecule has 0 saturated heterocycles. The molecular weight excluding hydrogens is 504 g/mol. The van der Waals surface area contributed by atoms with Crippen LogP contribution in [0.4, 0.5) is 4.79 Å². The molecular formula is C33H30N2O5. The van der Waals surface area contributed by atoms with Gasteiger partial charge in [-0.15, -0.1) is 0 Å². The van der Waals surface area contributed by atoms with Gasteiger partial charge in [0.15, 0.2) is 0 Å². The number of carbonyl (C=O) groups excluding carboxylic acids is 3. The normalized spacial score (nSPS) is 13.3. The summed E-state index contributed by atoms with van der Waals surface area (Å²) in [5.41, 5.74) is 5.54. The van der Waals surface area contributed by atoms with Crippen LogP contribution in [0.15, 0.2) is 109 Å². The lowest BCUT2D eigenvalue weighted by atomic mass is 9.89. The van der Waals surface area contributed by atoms with Crippen LogP contribution >= 0.6 is 0 Å². The summed E-state index contributed by atoms with van der Waals surface area (Å²) in [4.78, 5) is 39.7. The Labute approximate surface area is 233 Å². The summed E-state index contributed by atoms with van der Waals surface area (Å²) in [6.07, 6.45) is -0.523. The molecule has 1 aliphatic carbocycles. The number of methoxy groups -OCH3 is 1.